The Balaban J connectivity index is 2.58. The van der Waals surface area contributed by atoms with E-state index in [2.05, 4.69) is 5.32 Å². The van der Waals surface area contributed by atoms with Crippen molar-refractivity contribution in [3.63, 3.8) is 0 Å². The number of alkyl halides is 2. The van der Waals surface area contributed by atoms with E-state index in [1.807, 2.05) is 13.8 Å². The first kappa shape index (κ1) is 10.9. The van der Waals surface area contributed by atoms with Gasteiger partial charge < -0.3 is 4.74 Å². The predicted molar refractivity (Wildman–Crippen MR) is 46.8 cm³/mol. The fraction of sp³-hybridized carbons (Fsp3) is 1.00. The number of ether oxygens (including phenoxy) is 1. The van der Waals surface area contributed by atoms with Gasteiger partial charge in [-0.25, -0.2) is 8.78 Å². The summed E-state index contributed by atoms with van der Waals surface area (Å²) in [5, 5.41) is 3.16. The van der Waals surface area contributed by atoms with E-state index in [0.29, 0.717) is 13.0 Å². The molecule has 1 aliphatic heterocycles. The van der Waals surface area contributed by atoms with Crippen LogP contribution in [0.4, 0.5) is 8.78 Å². The molecule has 0 amide bonds. The van der Waals surface area contributed by atoms with Gasteiger partial charge in [-0.1, -0.05) is 13.8 Å². The fourth-order valence-electron chi connectivity index (χ4n) is 1.68. The summed E-state index contributed by atoms with van der Waals surface area (Å²) < 4.78 is 30.1. The van der Waals surface area contributed by atoms with Crippen molar-refractivity contribution in [2.24, 2.45) is 0 Å². The van der Waals surface area contributed by atoms with E-state index in [1.165, 1.54) is 0 Å². The molecule has 1 saturated heterocycles. The molecule has 1 rings (SSSR count). The van der Waals surface area contributed by atoms with Gasteiger partial charge in [0.15, 0.2) is 0 Å². The van der Waals surface area contributed by atoms with Crippen molar-refractivity contribution in [2.75, 3.05) is 6.54 Å². The molecule has 0 spiro atoms. The highest BCUT2D eigenvalue weighted by molar-refractivity contribution is 4.83. The molecule has 13 heavy (non-hydrogen) atoms. The highest BCUT2D eigenvalue weighted by atomic mass is 19.3. The van der Waals surface area contributed by atoms with Crippen LogP contribution >= 0.6 is 0 Å². The molecule has 1 atom stereocenters. The summed E-state index contributed by atoms with van der Waals surface area (Å²) in [7, 11) is 0. The van der Waals surface area contributed by atoms with Crippen molar-refractivity contribution in [1.29, 1.82) is 0 Å². The smallest absolute Gasteiger partial charge is 0.264 e. The van der Waals surface area contributed by atoms with E-state index in [9.17, 15) is 8.78 Å². The normalized spacial score (nSPS) is 27.9. The third-order valence-corrected chi connectivity index (χ3v) is 2.68. The third-order valence-electron chi connectivity index (χ3n) is 2.68. The van der Waals surface area contributed by atoms with E-state index in [-0.39, 0.29) is 0 Å². The molecule has 0 saturated carbocycles. The number of hydrogen-bond donors (Lipinski definition) is 1. The summed E-state index contributed by atoms with van der Waals surface area (Å²) in [5.74, 6) is 0. The maximum atomic E-state index is 12.4. The maximum absolute atomic E-state index is 12.4. The van der Waals surface area contributed by atoms with E-state index in [0.717, 1.165) is 12.8 Å². The lowest BCUT2D eigenvalue weighted by molar-refractivity contribution is -0.186. The lowest BCUT2D eigenvalue weighted by atomic mass is 10.0. The molecule has 1 N–H and O–H groups in total. The molecule has 0 aromatic rings. The first-order valence-corrected chi connectivity index (χ1v) is 4.84. The molecule has 4 heteroatoms. The summed E-state index contributed by atoms with van der Waals surface area (Å²) in [6.45, 7) is 4.52. The molecule has 2 nitrogen and oxygen atoms in total. The van der Waals surface area contributed by atoms with Gasteiger partial charge in [0.1, 0.15) is 11.8 Å². The first-order chi connectivity index (χ1) is 6.13. The van der Waals surface area contributed by atoms with Crippen molar-refractivity contribution in [3.8, 4) is 0 Å². The predicted octanol–water partition coefficient (Wildman–Crippen LogP) is 2.15. The second-order valence-electron chi connectivity index (χ2n) is 3.41. The van der Waals surface area contributed by atoms with Crippen molar-refractivity contribution in [2.45, 2.75) is 51.4 Å². The molecule has 0 aromatic carbocycles. The zero-order valence-electron chi connectivity index (χ0n) is 8.15. The average molecular weight is 193 g/mol. The fourth-order valence-corrected chi connectivity index (χ4v) is 1.68. The number of rotatable bonds is 3. The molecule has 0 aliphatic carbocycles. The number of nitrogens with one attached hydrogen (secondary N) is 1. The van der Waals surface area contributed by atoms with E-state index in [4.69, 9.17) is 4.74 Å². The number of hydrogen-bond acceptors (Lipinski definition) is 2. The zero-order chi connectivity index (χ0) is 9.90. The monoisotopic (exact) mass is 193 g/mol. The second-order valence-corrected chi connectivity index (χ2v) is 3.41. The molecule has 1 fully saturated rings. The Hall–Kier alpha value is -0.220. The first-order valence-electron chi connectivity index (χ1n) is 4.84. The van der Waals surface area contributed by atoms with Crippen LogP contribution in [-0.2, 0) is 4.74 Å². The molecule has 1 aliphatic rings. The minimum absolute atomic E-state index is 0.402. The van der Waals surface area contributed by atoms with Gasteiger partial charge in [-0.05, 0) is 19.3 Å². The van der Waals surface area contributed by atoms with Crippen molar-refractivity contribution >= 4 is 0 Å². The van der Waals surface area contributed by atoms with Gasteiger partial charge in [-0.3, -0.25) is 5.32 Å². The largest absolute Gasteiger partial charge is 0.351 e. The molecule has 0 aromatic heterocycles. The summed E-state index contributed by atoms with van der Waals surface area (Å²) in [5.41, 5.74) is -0.515. The standard InChI is InChI=1S/C9H17F2NO/c1-3-9(4-2)12-6-5-7(13-9)8(10)11/h7-8,12H,3-6H2,1-2H3. The molecule has 0 radical (unpaired) electrons. The van der Waals surface area contributed by atoms with Crippen LogP contribution in [0.3, 0.4) is 0 Å². The molecule has 78 valence electrons. The number of halogens is 2. The van der Waals surface area contributed by atoms with Gasteiger partial charge in [-0.2, -0.15) is 0 Å². The third kappa shape index (κ3) is 2.38. The minimum Gasteiger partial charge on any atom is -0.351 e. The van der Waals surface area contributed by atoms with Gasteiger partial charge in [0.05, 0.1) is 0 Å². The van der Waals surface area contributed by atoms with Gasteiger partial charge in [-0.15, -0.1) is 0 Å². The topological polar surface area (TPSA) is 21.3 Å². The summed E-state index contributed by atoms with van der Waals surface area (Å²) in [6, 6.07) is 0. The molecule has 1 unspecified atom stereocenters. The van der Waals surface area contributed by atoms with Crippen LogP contribution in [0.2, 0.25) is 0 Å². The lowest BCUT2D eigenvalue weighted by Gasteiger charge is -2.41. The SMILES string of the molecule is CCC1(CC)NCCC(C(F)F)O1. The van der Waals surface area contributed by atoms with Crippen LogP contribution < -0.4 is 5.32 Å². The Morgan fingerprint density at radius 3 is 2.54 bits per heavy atom. The van der Waals surface area contributed by atoms with E-state index < -0.39 is 18.3 Å². The second kappa shape index (κ2) is 4.33. The van der Waals surface area contributed by atoms with Crippen LogP contribution in [-0.4, -0.2) is 24.8 Å². The van der Waals surface area contributed by atoms with Crippen molar-refractivity contribution in [1.82, 2.24) is 5.32 Å². The minimum atomic E-state index is -2.36. The Kier molecular flexibility index (Phi) is 3.62. The Labute approximate surface area is 77.6 Å². The average Bonchev–Trinajstić information content (AvgIpc) is 2.18. The Bertz CT molecular complexity index is 160. The van der Waals surface area contributed by atoms with Crippen LogP contribution in [0.15, 0.2) is 0 Å². The van der Waals surface area contributed by atoms with Crippen LogP contribution in [0, 0.1) is 0 Å². The molecular formula is C9H17F2NO. The Morgan fingerprint density at radius 1 is 1.46 bits per heavy atom. The highest BCUT2D eigenvalue weighted by Crippen LogP contribution is 2.26. The van der Waals surface area contributed by atoms with Crippen LogP contribution in [0.25, 0.3) is 0 Å². The highest BCUT2D eigenvalue weighted by Gasteiger charge is 2.37. The van der Waals surface area contributed by atoms with E-state index >= 15 is 0 Å². The van der Waals surface area contributed by atoms with Crippen molar-refractivity contribution in [3.05, 3.63) is 0 Å². The Morgan fingerprint density at radius 2 is 2.08 bits per heavy atom. The molecule has 1 heterocycles. The molecule has 0 bridgehead atoms. The summed E-state index contributed by atoms with van der Waals surface area (Å²) in [4.78, 5) is 0. The van der Waals surface area contributed by atoms with Gasteiger partial charge in [0.25, 0.3) is 6.43 Å². The van der Waals surface area contributed by atoms with Gasteiger partial charge in [0.2, 0.25) is 0 Å². The van der Waals surface area contributed by atoms with Crippen LogP contribution in [0.5, 0.6) is 0 Å². The van der Waals surface area contributed by atoms with Crippen LogP contribution in [0.1, 0.15) is 33.1 Å². The lowest BCUT2D eigenvalue weighted by Crippen LogP contribution is -2.55. The van der Waals surface area contributed by atoms with Gasteiger partial charge in [0, 0.05) is 6.54 Å². The van der Waals surface area contributed by atoms with Gasteiger partial charge >= 0.3 is 0 Å². The van der Waals surface area contributed by atoms with E-state index in [1.54, 1.807) is 0 Å². The quantitative estimate of drug-likeness (QED) is 0.741. The summed E-state index contributed by atoms with van der Waals surface area (Å²) >= 11 is 0. The molecular weight excluding hydrogens is 176 g/mol. The zero-order valence-corrected chi connectivity index (χ0v) is 8.15. The van der Waals surface area contributed by atoms with Crippen molar-refractivity contribution < 1.29 is 13.5 Å². The summed E-state index contributed by atoms with van der Waals surface area (Å²) in [6.07, 6.45) is -1.39. The maximum Gasteiger partial charge on any atom is 0.264 e.